The molecule has 54 heavy (non-hydrogen) atoms. The third-order valence-electron chi connectivity index (χ3n) is 11.2. The van der Waals surface area contributed by atoms with Crippen molar-refractivity contribution in [3.63, 3.8) is 0 Å². The van der Waals surface area contributed by atoms with Crippen molar-refractivity contribution >= 4 is 42.3 Å². The van der Waals surface area contributed by atoms with E-state index < -0.39 is 5.41 Å². The molecule has 0 fully saturated rings. The van der Waals surface area contributed by atoms with Crippen LogP contribution in [0, 0.1) is 0 Å². The van der Waals surface area contributed by atoms with E-state index in [1.165, 1.54) is 58.9 Å². The van der Waals surface area contributed by atoms with Crippen molar-refractivity contribution in [3.05, 3.63) is 216 Å². The lowest BCUT2D eigenvalue weighted by atomic mass is 9.67. The Hall–Kier alpha value is -6.68. The zero-order chi connectivity index (χ0) is 35.6. The first-order valence-electron chi connectivity index (χ1n) is 18.4. The van der Waals surface area contributed by atoms with E-state index in [0.29, 0.717) is 0 Å². The lowest BCUT2D eigenvalue weighted by Gasteiger charge is -2.34. The van der Waals surface area contributed by atoms with Crippen LogP contribution < -0.4 is 0 Å². The van der Waals surface area contributed by atoms with Crippen LogP contribution in [-0.4, -0.2) is 9.97 Å². The first kappa shape index (κ1) is 30.9. The summed E-state index contributed by atoms with van der Waals surface area (Å²) in [5.41, 5.74) is 12.0. The number of hydrogen-bond donors (Lipinski definition) is 0. The Morgan fingerprint density at radius 2 is 0.944 bits per heavy atom. The molecule has 2 aromatic heterocycles. The predicted octanol–water partition coefficient (Wildman–Crippen LogP) is 13.4. The minimum atomic E-state index is -0.496. The second-order valence-corrected chi connectivity index (χ2v) is 15.2. The van der Waals surface area contributed by atoms with E-state index in [4.69, 9.17) is 9.97 Å². The molecule has 0 atom stereocenters. The smallest absolute Gasteiger partial charge is 0.161 e. The molecule has 252 valence electrons. The number of fused-ring (bicyclic) bond motifs is 7. The summed E-state index contributed by atoms with van der Waals surface area (Å²) in [5.74, 6) is 0.718. The number of rotatable bonds is 5. The molecule has 1 aliphatic carbocycles. The molecule has 0 aliphatic heterocycles. The van der Waals surface area contributed by atoms with E-state index in [1.54, 1.807) is 0 Å². The summed E-state index contributed by atoms with van der Waals surface area (Å²) >= 11 is 1.84. The molecule has 0 spiro atoms. The average molecular weight is 705 g/mol. The molecule has 0 amide bonds. The van der Waals surface area contributed by atoms with Crippen LogP contribution in [0.15, 0.2) is 194 Å². The van der Waals surface area contributed by atoms with Crippen molar-refractivity contribution < 1.29 is 0 Å². The van der Waals surface area contributed by atoms with Crippen molar-refractivity contribution in [1.29, 1.82) is 0 Å². The van der Waals surface area contributed by atoms with Gasteiger partial charge in [-0.2, -0.15) is 0 Å². The molecular formula is C51H32N2S. The molecule has 0 unspecified atom stereocenters. The third kappa shape index (κ3) is 4.65. The number of aromatic nitrogens is 2. The van der Waals surface area contributed by atoms with Gasteiger partial charge in [0.25, 0.3) is 0 Å². The molecule has 0 saturated heterocycles. The predicted molar refractivity (Wildman–Crippen MR) is 226 cm³/mol. The molecule has 0 N–H and O–H groups in total. The van der Waals surface area contributed by atoms with E-state index in [-0.39, 0.29) is 0 Å². The Kier molecular flexibility index (Phi) is 6.98. The fourth-order valence-corrected chi connectivity index (χ4v) is 9.86. The maximum atomic E-state index is 5.41. The quantitative estimate of drug-likeness (QED) is 0.178. The van der Waals surface area contributed by atoms with Crippen LogP contribution in [0.3, 0.4) is 0 Å². The Balaban J connectivity index is 1.18. The van der Waals surface area contributed by atoms with E-state index in [9.17, 15) is 0 Å². The van der Waals surface area contributed by atoms with Gasteiger partial charge in [-0.05, 0) is 74.5 Å². The third-order valence-corrected chi connectivity index (χ3v) is 12.3. The lowest BCUT2D eigenvalue weighted by molar-refractivity contribution is 0.768. The summed E-state index contributed by atoms with van der Waals surface area (Å²) in [6.45, 7) is 0. The van der Waals surface area contributed by atoms with Crippen molar-refractivity contribution in [1.82, 2.24) is 9.97 Å². The monoisotopic (exact) mass is 704 g/mol. The average Bonchev–Trinajstić information content (AvgIpc) is 3.77. The summed E-state index contributed by atoms with van der Waals surface area (Å²) in [7, 11) is 0. The second-order valence-electron chi connectivity index (χ2n) is 14.1. The van der Waals surface area contributed by atoms with Gasteiger partial charge in [0.15, 0.2) is 5.82 Å². The fourth-order valence-electron chi connectivity index (χ4n) is 8.77. The largest absolute Gasteiger partial charge is 0.228 e. The zero-order valence-corrected chi connectivity index (χ0v) is 30.1. The molecule has 11 rings (SSSR count). The highest BCUT2D eigenvalue weighted by molar-refractivity contribution is 7.25. The van der Waals surface area contributed by atoms with Gasteiger partial charge in [0, 0.05) is 36.9 Å². The van der Waals surface area contributed by atoms with Crippen LogP contribution in [0.2, 0.25) is 0 Å². The first-order chi connectivity index (χ1) is 26.8. The van der Waals surface area contributed by atoms with Gasteiger partial charge >= 0.3 is 0 Å². The molecule has 0 bridgehead atoms. The Labute approximate surface area is 317 Å². The highest BCUT2D eigenvalue weighted by Gasteiger charge is 2.46. The van der Waals surface area contributed by atoms with Gasteiger partial charge in [0.2, 0.25) is 0 Å². The Morgan fingerprint density at radius 3 is 1.74 bits per heavy atom. The van der Waals surface area contributed by atoms with Crippen molar-refractivity contribution in [2.24, 2.45) is 0 Å². The fraction of sp³-hybridized carbons (Fsp3) is 0.0196. The maximum Gasteiger partial charge on any atom is 0.161 e. The second kappa shape index (κ2) is 12.2. The summed E-state index contributed by atoms with van der Waals surface area (Å²) in [5, 5.41) is 4.84. The van der Waals surface area contributed by atoms with E-state index >= 15 is 0 Å². The van der Waals surface area contributed by atoms with E-state index in [0.717, 1.165) is 39.3 Å². The molecule has 0 saturated carbocycles. The zero-order valence-electron chi connectivity index (χ0n) is 29.3. The SMILES string of the molecule is c1ccc(C2(c3ccccc3)c3ccccc3-c3ccc(-c4cc(-c5ccc6sc7ccccc7c6c5)nc(-c5cccc6ccccc56)n4)cc32)cc1. The van der Waals surface area contributed by atoms with Crippen LogP contribution in [0.5, 0.6) is 0 Å². The number of nitrogens with zero attached hydrogens (tertiary/aromatic N) is 2. The van der Waals surface area contributed by atoms with E-state index in [2.05, 4.69) is 194 Å². The lowest BCUT2D eigenvalue weighted by Crippen LogP contribution is -2.28. The normalized spacial score (nSPS) is 13.0. The Morgan fingerprint density at radius 1 is 0.370 bits per heavy atom. The van der Waals surface area contributed by atoms with Crippen molar-refractivity contribution in [2.75, 3.05) is 0 Å². The van der Waals surface area contributed by atoms with Gasteiger partial charge in [-0.15, -0.1) is 11.3 Å². The number of benzene rings is 8. The summed E-state index contributed by atoms with van der Waals surface area (Å²) < 4.78 is 2.57. The van der Waals surface area contributed by atoms with Crippen LogP contribution >= 0.6 is 11.3 Å². The van der Waals surface area contributed by atoms with Gasteiger partial charge in [0.05, 0.1) is 16.8 Å². The summed E-state index contributed by atoms with van der Waals surface area (Å²) in [4.78, 5) is 10.8. The molecule has 1 aliphatic rings. The van der Waals surface area contributed by atoms with Gasteiger partial charge in [-0.25, -0.2) is 9.97 Å². The molecule has 3 heteroatoms. The first-order valence-corrected chi connectivity index (χ1v) is 19.2. The van der Waals surface area contributed by atoms with Crippen molar-refractivity contribution in [3.8, 4) is 45.0 Å². The van der Waals surface area contributed by atoms with Crippen LogP contribution in [-0.2, 0) is 5.41 Å². The molecule has 2 heterocycles. The molecular weight excluding hydrogens is 673 g/mol. The standard InChI is InChI=1S/C51H32N2S/c1-3-16-36(17-4-1)51(37-18-5-2-6-19-37)44-24-11-9-21-39(44)40-28-26-35(31-45(40)51)47-32-46(34-27-29-49-43(30-34)41-22-10-12-25-48(41)54-49)52-50(53-47)42-23-13-15-33-14-7-8-20-38(33)42/h1-32H. The summed E-state index contributed by atoms with van der Waals surface area (Å²) in [6.07, 6.45) is 0. The number of thiophene rings is 1. The van der Waals surface area contributed by atoms with Gasteiger partial charge < -0.3 is 0 Å². The van der Waals surface area contributed by atoms with Crippen LogP contribution in [0.4, 0.5) is 0 Å². The number of hydrogen-bond acceptors (Lipinski definition) is 3. The topological polar surface area (TPSA) is 25.8 Å². The highest BCUT2D eigenvalue weighted by atomic mass is 32.1. The maximum absolute atomic E-state index is 5.41. The van der Waals surface area contributed by atoms with Crippen LogP contribution in [0.1, 0.15) is 22.3 Å². The molecule has 0 radical (unpaired) electrons. The molecule has 10 aromatic rings. The van der Waals surface area contributed by atoms with E-state index in [1.807, 2.05) is 11.3 Å². The minimum Gasteiger partial charge on any atom is -0.228 e. The Bertz CT molecular complexity index is 3010. The van der Waals surface area contributed by atoms with Gasteiger partial charge in [-0.1, -0.05) is 164 Å². The highest BCUT2D eigenvalue weighted by Crippen LogP contribution is 2.56. The molecule has 2 nitrogen and oxygen atoms in total. The summed E-state index contributed by atoms with van der Waals surface area (Å²) in [6, 6.07) is 70.3. The van der Waals surface area contributed by atoms with Crippen molar-refractivity contribution in [2.45, 2.75) is 5.41 Å². The van der Waals surface area contributed by atoms with Gasteiger partial charge in [-0.3, -0.25) is 0 Å². The molecule has 8 aromatic carbocycles. The van der Waals surface area contributed by atoms with Gasteiger partial charge in [0.1, 0.15) is 0 Å². The van der Waals surface area contributed by atoms with Crippen LogP contribution in [0.25, 0.3) is 76.0 Å². The minimum absolute atomic E-state index is 0.496.